The van der Waals surface area contributed by atoms with E-state index in [-0.39, 0.29) is 5.91 Å². The number of hydrogen-bond donors (Lipinski definition) is 2. The van der Waals surface area contributed by atoms with Crippen molar-refractivity contribution >= 4 is 11.6 Å². The zero-order valence-electron chi connectivity index (χ0n) is 16.6. The van der Waals surface area contributed by atoms with Crippen LogP contribution >= 0.6 is 0 Å². The molecule has 0 bridgehead atoms. The molecule has 7 nitrogen and oxygen atoms in total. The molecule has 7 heteroatoms. The smallest absolute Gasteiger partial charge is 0.259 e. The molecule has 2 heterocycles. The Bertz CT molecular complexity index is 1160. The van der Waals surface area contributed by atoms with E-state index in [0.717, 1.165) is 22.8 Å². The van der Waals surface area contributed by atoms with Crippen molar-refractivity contribution in [2.75, 3.05) is 5.32 Å². The molecule has 0 aliphatic heterocycles. The zero-order valence-corrected chi connectivity index (χ0v) is 16.6. The van der Waals surface area contributed by atoms with E-state index >= 15 is 0 Å². The average molecular weight is 386 g/mol. The summed E-state index contributed by atoms with van der Waals surface area (Å²) in [5.41, 5.74) is 5.06. The lowest BCUT2D eigenvalue weighted by Gasteiger charge is -2.09. The topological polar surface area (TPSA) is 88.5 Å². The molecular weight excluding hydrogens is 364 g/mol. The van der Waals surface area contributed by atoms with Crippen molar-refractivity contribution in [3.63, 3.8) is 0 Å². The molecule has 0 unspecified atom stereocenters. The lowest BCUT2D eigenvalue weighted by atomic mass is 10.1. The van der Waals surface area contributed by atoms with Crippen molar-refractivity contribution in [2.24, 2.45) is 0 Å². The Kier molecular flexibility index (Phi) is 4.95. The van der Waals surface area contributed by atoms with Gasteiger partial charge in [0.05, 0.1) is 23.1 Å². The van der Waals surface area contributed by atoms with Gasteiger partial charge >= 0.3 is 0 Å². The van der Waals surface area contributed by atoms with Gasteiger partial charge in [-0.15, -0.1) is 0 Å². The summed E-state index contributed by atoms with van der Waals surface area (Å²) in [6, 6.07) is 15.6. The first-order valence-electron chi connectivity index (χ1n) is 9.50. The number of aromatic amines is 1. The first-order chi connectivity index (χ1) is 14.0. The van der Waals surface area contributed by atoms with Crippen LogP contribution in [0.5, 0.6) is 0 Å². The number of carbonyl (C=O) groups is 1. The van der Waals surface area contributed by atoms with Gasteiger partial charge in [0.1, 0.15) is 5.82 Å². The van der Waals surface area contributed by atoms with Crippen LogP contribution in [0.25, 0.3) is 17.1 Å². The van der Waals surface area contributed by atoms with Gasteiger partial charge in [0, 0.05) is 11.3 Å². The van der Waals surface area contributed by atoms with E-state index in [4.69, 9.17) is 0 Å². The maximum Gasteiger partial charge on any atom is 0.259 e. The number of carbonyl (C=O) groups excluding carboxylic acids is 1. The second-order valence-corrected chi connectivity index (χ2v) is 6.89. The molecule has 4 rings (SSSR count). The number of hydrogen-bond acceptors (Lipinski definition) is 4. The number of aryl methyl sites for hydroxylation is 2. The van der Waals surface area contributed by atoms with E-state index in [1.165, 1.54) is 5.56 Å². The highest BCUT2D eigenvalue weighted by Crippen LogP contribution is 2.21. The van der Waals surface area contributed by atoms with Crippen LogP contribution in [0.15, 0.2) is 54.7 Å². The molecule has 0 atom stereocenters. The number of anilines is 1. The zero-order chi connectivity index (χ0) is 20.4. The van der Waals surface area contributed by atoms with Gasteiger partial charge in [0.15, 0.2) is 5.82 Å². The molecule has 0 spiro atoms. The van der Waals surface area contributed by atoms with E-state index in [1.54, 1.807) is 6.20 Å². The third-order valence-corrected chi connectivity index (χ3v) is 4.70. The van der Waals surface area contributed by atoms with Gasteiger partial charge in [-0.2, -0.15) is 10.2 Å². The highest BCUT2D eigenvalue weighted by atomic mass is 16.1. The van der Waals surface area contributed by atoms with E-state index in [1.807, 2.05) is 74.0 Å². The molecule has 2 N–H and O–H groups in total. The van der Waals surface area contributed by atoms with Crippen LogP contribution in [-0.2, 0) is 6.42 Å². The fourth-order valence-corrected chi connectivity index (χ4v) is 3.22. The number of rotatable bonds is 5. The van der Waals surface area contributed by atoms with E-state index in [9.17, 15) is 4.79 Å². The molecule has 1 amide bonds. The minimum absolute atomic E-state index is 0.191. The van der Waals surface area contributed by atoms with Gasteiger partial charge in [-0.05, 0) is 44.5 Å². The summed E-state index contributed by atoms with van der Waals surface area (Å²) in [6.07, 6.45) is 2.31. The Morgan fingerprint density at radius 2 is 1.93 bits per heavy atom. The van der Waals surface area contributed by atoms with Crippen molar-refractivity contribution in [1.82, 2.24) is 25.0 Å². The second kappa shape index (κ2) is 7.71. The molecule has 0 saturated heterocycles. The van der Waals surface area contributed by atoms with Crippen LogP contribution in [-0.4, -0.2) is 30.9 Å². The lowest BCUT2D eigenvalue weighted by molar-refractivity contribution is 0.102. The van der Waals surface area contributed by atoms with Crippen LogP contribution in [0, 0.1) is 13.8 Å². The van der Waals surface area contributed by atoms with Crippen molar-refractivity contribution in [2.45, 2.75) is 27.2 Å². The quantitative estimate of drug-likeness (QED) is 0.541. The highest BCUT2D eigenvalue weighted by Gasteiger charge is 2.17. The summed E-state index contributed by atoms with van der Waals surface area (Å²) in [4.78, 5) is 17.3. The summed E-state index contributed by atoms with van der Waals surface area (Å²) >= 11 is 0. The minimum Gasteiger partial charge on any atom is -0.322 e. The van der Waals surface area contributed by atoms with Crippen LogP contribution < -0.4 is 5.32 Å². The molecule has 0 aliphatic rings. The molecule has 0 aliphatic carbocycles. The summed E-state index contributed by atoms with van der Waals surface area (Å²) in [7, 11) is 0. The fourth-order valence-electron chi connectivity index (χ4n) is 3.22. The van der Waals surface area contributed by atoms with Crippen molar-refractivity contribution in [1.29, 1.82) is 0 Å². The van der Waals surface area contributed by atoms with Crippen molar-refractivity contribution in [3.05, 3.63) is 77.4 Å². The largest absolute Gasteiger partial charge is 0.322 e. The number of amides is 1. The third-order valence-electron chi connectivity index (χ3n) is 4.70. The Balaban J connectivity index is 1.60. The first-order valence-corrected chi connectivity index (χ1v) is 9.50. The van der Waals surface area contributed by atoms with Crippen molar-refractivity contribution in [3.8, 4) is 17.1 Å². The van der Waals surface area contributed by atoms with Crippen molar-refractivity contribution < 1.29 is 4.79 Å². The average Bonchev–Trinajstić information content (AvgIpc) is 3.35. The first kappa shape index (κ1) is 18.6. The number of nitrogens with one attached hydrogen (secondary N) is 2. The predicted octanol–water partition coefficient (Wildman–Crippen LogP) is 4.09. The monoisotopic (exact) mass is 386 g/mol. The lowest BCUT2D eigenvalue weighted by Crippen LogP contribution is -2.14. The molecule has 29 heavy (non-hydrogen) atoms. The maximum atomic E-state index is 12.9. The molecule has 4 aromatic rings. The summed E-state index contributed by atoms with van der Waals surface area (Å²) in [6.45, 7) is 5.91. The van der Waals surface area contributed by atoms with E-state index in [2.05, 4.69) is 25.6 Å². The Morgan fingerprint density at radius 3 is 2.62 bits per heavy atom. The van der Waals surface area contributed by atoms with E-state index in [0.29, 0.717) is 23.5 Å². The Labute approximate surface area is 168 Å². The molecule has 0 saturated carbocycles. The maximum absolute atomic E-state index is 12.9. The summed E-state index contributed by atoms with van der Waals surface area (Å²) in [5.74, 6) is 1.15. The van der Waals surface area contributed by atoms with Gasteiger partial charge in [-0.3, -0.25) is 9.89 Å². The summed E-state index contributed by atoms with van der Waals surface area (Å²) in [5, 5.41) is 14.4. The third kappa shape index (κ3) is 3.80. The van der Waals surface area contributed by atoms with Crippen LogP contribution in [0.4, 0.5) is 5.69 Å². The molecule has 0 fully saturated rings. The minimum atomic E-state index is -0.191. The van der Waals surface area contributed by atoms with Gasteiger partial charge in [0.25, 0.3) is 5.91 Å². The molecule has 2 aromatic heterocycles. The number of benzene rings is 2. The van der Waals surface area contributed by atoms with Crippen LogP contribution in [0.1, 0.15) is 34.4 Å². The molecule has 2 aromatic carbocycles. The van der Waals surface area contributed by atoms with Gasteiger partial charge in [-0.25, -0.2) is 9.67 Å². The number of aromatic nitrogens is 5. The van der Waals surface area contributed by atoms with Gasteiger partial charge in [0.2, 0.25) is 0 Å². The number of nitrogens with zero attached hydrogens (tertiary/aromatic N) is 4. The Morgan fingerprint density at radius 1 is 1.14 bits per heavy atom. The van der Waals surface area contributed by atoms with Crippen LogP contribution in [0.2, 0.25) is 0 Å². The SMILES string of the molecule is CCc1c(C(=O)Nc2cccc(-c3n[nH]c(C)n3)c2)cnn1-c1ccc(C)cc1. The highest BCUT2D eigenvalue weighted by molar-refractivity contribution is 6.05. The number of H-pyrrole nitrogens is 1. The molecule has 0 radical (unpaired) electrons. The molecular formula is C22H22N6O. The second-order valence-electron chi connectivity index (χ2n) is 6.89. The van der Waals surface area contributed by atoms with Gasteiger partial charge in [-0.1, -0.05) is 36.8 Å². The fraction of sp³-hybridized carbons (Fsp3) is 0.182. The normalized spacial score (nSPS) is 10.9. The standard InChI is InChI=1S/C22H22N6O/c1-4-20-19(13-23-28(20)18-10-8-14(2)9-11-18)22(29)25-17-7-5-6-16(12-17)21-24-15(3)26-27-21/h5-13H,4H2,1-3H3,(H,25,29)(H,24,26,27). The molecule has 146 valence electrons. The Hall–Kier alpha value is -3.74. The van der Waals surface area contributed by atoms with Crippen LogP contribution in [0.3, 0.4) is 0 Å². The predicted molar refractivity (Wildman–Crippen MR) is 112 cm³/mol. The van der Waals surface area contributed by atoms with Gasteiger partial charge < -0.3 is 5.32 Å². The summed E-state index contributed by atoms with van der Waals surface area (Å²) < 4.78 is 1.82. The van der Waals surface area contributed by atoms with E-state index < -0.39 is 0 Å².